The molecule has 2 saturated heterocycles. The van der Waals surface area contributed by atoms with Crippen molar-refractivity contribution in [2.24, 2.45) is 0 Å². The molecule has 3 amide bonds. The number of hydrogen-bond donors (Lipinski definition) is 1. The van der Waals surface area contributed by atoms with E-state index in [1.54, 1.807) is 23.4 Å². The van der Waals surface area contributed by atoms with Crippen LogP contribution in [0, 0.1) is 6.92 Å². The second-order valence-electron chi connectivity index (χ2n) is 9.93. The molecule has 196 valence electrons. The predicted molar refractivity (Wildman–Crippen MR) is 142 cm³/mol. The second kappa shape index (κ2) is 11.1. The van der Waals surface area contributed by atoms with Gasteiger partial charge in [-0.2, -0.15) is 0 Å². The van der Waals surface area contributed by atoms with E-state index >= 15 is 0 Å². The highest BCUT2D eigenvalue weighted by molar-refractivity contribution is 5.98. The molecule has 1 aromatic heterocycles. The molecule has 2 aliphatic heterocycles. The van der Waals surface area contributed by atoms with Crippen molar-refractivity contribution in [3.63, 3.8) is 0 Å². The van der Waals surface area contributed by atoms with E-state index in [0.717, 1.165) is 16.7 Å². The third kappa shape index (κ3) is 5.45. The Kier molecular flexibility index (Phi) is 7.51. The summed E-state index contributed by atoms with van der Waals surface area (Å²) in [6, 6.07) is 20.0. The maximum absolute atomic E-state index is 13.9. The molecule has 1 atom stereocenters. The van der Waals surface area contributed by atoms with Gasteiger partial charge in [-0.3, -0.25) is 24.3 Å². The van der Waals surface area contributed by atoms with Crippen LogP contribution in [0.2, 0.25) is 0 Å². The van der Waals surface area contributed by atoms with Gasteiger partial charge in [0.1, 0.15) is 11.8 Å². The molecule has 1 spiro atoms. The third-order valence-corrected chi connectivity index (χ3v) is 7.36. The standard InChI is InChI=1S/C30H32N4O4/c1-22-6-5-9-25(18-22)29(37)34-26(28(36)32-20-24-10-14-31-15-11-24)21-38-30(34)12-16-33(17-13-30)27(35)19-23-7-3-2-4-8-23/h2-11,14-15,18,26H,12-13,16-17,19-21H2,1H3,(H,32,36)/t26-/m1/s1. The Morgan fingerprint density at radius 2 is 1.71 bits per heavy atom. The molecule has 8 nitrogen and oxygen atoms in total. The van der Waals surface area contributed by atoms with E-state index in [0.29, 0.717) is 44.5 Å². The van der Waals surface area contributed by atoms with Crippen LogP contribution < -0.4 is 5.32 Å². The van der Waals surface area contributed by atoms with Gasteiger partial charge >= 0.3 is 0 Å². The van der Waals surface area contributed by atoms with E-state index < -0.39 is 11.8 Å². The van der Waals surface area contributed by atoms with Gasteiger partial charge in [-0.1, -0.05) is 48.0 Å². The monoisotopic (exact) mass is 512 g/mol. The number of carbonyl (C=O) groups is 3. The Labute approximate surface area is 222 Å². The molecule has 1 N–H and O–H groups in total. The van der Waals surface area contributed by atoms with E-state index in [2.05, 4.69) is 10.3 Å². The molecule has 3 heterocycles. The molecule has 2 aliphatic rings. The number of carbonyl (C=O) groups excluding carboxylic acids is 3. The zero-order valence-corrected chi connectivity index (χ0v) is 21.5. The average Bonchev–Trinajstić information content (AvgIpc) is 3.31. The Balaban J connectivity index is 1.33. The lowest BCUT2D eigenvalue weighted by atomic mass is 9.96. The van der Waals surface area contributed by atoms with Crippen LogP contribution in [-0.2, 0) is 27.3 Å². The number of nitrogens with one attached hydrogen (secondary N) is 1. The summed E-state index contributed by atoms with van der Waals surface area (Å²) in [5.41, 5.74) is 2.43. The summed E-state index contributed by atoms with van der Waals surface area (Å²) in [5.74, 6) is -0.450. The first-order valence-electron chi connectivity index (χ1n) is 13.0. The maximum atomic E-state index is 13.9. The van der Waals surface area contributed by atoms with E-state index in [4.69, 9.17) is 4.74 Å². The second-order valence-corrected chi connectivity index (χ2v) is 9.93. The highest BCUT2D eigenvalue weighted by Gasteiger charge is 2.54. The van der Waals surface area contributed by atoms with Crippen LogP contribution in [0.5, 0.6) is 0 Å². The summed E-state index contributed by atoms with van der Waals surface area (Å²) >= 11 is 0. The van der Waals surface area contributed by atoms with Gasteiger partial charge in [-0.15, -0.1) is 0 Å². The van der Waals surface area contributed by atoms with Crippen molar-refractivity contribution in [2.45, 2.75) is 44.5 Å². The van der Waals surface area contributed by atoms with Gasteiger partial charge in [0.05, 0.1) is 13.0 Å². The van der Waals surface area contributed by atoms with Crippen LogP contribution in [0.25, 0.3) is 0 Å². The first kappa shape index (κ1) is 25.6. The molecule has 0 aliphatic carbocycles. The highest BCUT2D eigenvalue weighted by atomic mass is 16.5. The zero-order chi connectivity index (χ0) is 26.5. The number of benzene rings is 2. The number of amides is 3. The molecule has 2 aromatic carbocycles. The topological polar surface area (TPSA) is 91.8 Å². The SMILES string of the molecule is Cc1cccc(C(=O)N2[C@@H](C(=O)NCc3ccncc3)COC23CCN(C(=O)Cc2ccccc2)CC3)c1. The molecule has 5 rings (SSSR count). The first-order valence-corrected chi connectivity index (χ1v) is 13.0. The predicted octanol–water partition coefficient (Wildman–Crippen LogP) is 3.11. The molecule has 0 unspecified atom stereocenters. The zero-order valence-electron chi connectivity index (χ0n) is 21.5. The number of hydrogen-bond acceptors (Lipinski definition) is 5. The number of ether oxygens (including phenoxy) is 1. The molecule has 2 fully saturated rings. The Morgan fingerprint density at radius 1 is 0.974 bits per heavy atom. The van der Waals surface area contributed by atoms with Gasteiger partial charge < -0.3 is 15.0 Å². The molecular weight excluding hydrogens is 480 g/mol. The normalized spacial score (nSPS) is 18.4. The number of piperidine rings is 1. The van der Waals surface area contributed by atoms with Crippen LogP contribution in [0.15, 0.2) is 79.1 Å². The quantitative estimate of drug-likeness (QED) is 0.548. The first-order chi connectivity index (χ1) is 18.4. The van der Waals surface area contributed by atoms with E-state index in [1.807, 2.05) is 72.5 Å². The number of nitrogens with zero attached hydrogens (tertiary/aromatic N) is 3. The molecule has 0 saturated carbocycles. The number of aryl methyl sites for hydroxylation is 1. The van der Waals surface area contributed by atoms with Gasteiger partial charge in [0.2, 0.25) is 11.8 Å². The van der Waals surface area contributed by atoms with Crippen molar-refractivity contribution in [3.05, 3.63) is 101 Å². The van der Waals surface area contributed by atoms with Crippen molar-refractivity contribution in [3.8, 4) is 0 Å². The lowest BCUT2D eigenvalue weighted by Gasteiger charge is -2.44. The van der Waals surface area contributed by atoms with Crippen LogP contribution in [0.3, 0.4) is 0 Å². The molecule has 38 heavy (non-hydrogen) atoms. The van der Waals surface area contributed by atoms with Crippen LogP contribution in [0.4, 0.5) is 0 Å². The lowest BCUT2D eigenvalue weighted by Crippen LogP contribution is -2.59. The minimum atomic E-state index is -0.941. The van der Waals surface area contributed by atoms with Gasteiger partial charge in [-0.25, -0.2) is 0 Å². The summed E-state index contributed by atoms with van der Waals surface area (Å²) in [7, 11) is 0. The summed E-state index contributed by atoms with van der Waals surface area (Å²) in [6.07, 6.45) is 4.57. The maximum Gasteiger partial charge on any atom is 0.256 e. The van der Waals surface area contributed by atoms with Gasteiger partial charge in [-0.05, 0) is 42.3 Å². The van der Waals surface area contributed by atoms with Crippen LogP contribution >= 0.6 is 0 Å². The van der Waals surface area contributed by atoms with Gasteiger partial charge in [0.15, 0.2) is 0 Å². The van der Waals surface area contributed by atoms with Crippen molar-refractivity contribution < 1.29 is 19.1 Å². The summed E-state index contributed by atoms with van der Waals surface area (Å²) < 4.78 is 6.30. The van der Waals surface area contributed by atoms with Crippen molar-refractivity contribution >= 4 is 17.7 Å². The molecular formula is C30H32N4O4. The number of pyridine rings is 1. The van der Waals surface area contributed by atoms with Gasteiger partial charge in [0.25, 0.3) is 5.91 Å². The van der Waals surface area contributed by atoms with Crippen molar-refractivity contribution in [2.75, 3.05) is 19.7 Å². The minimum Gasteiger partial charge on any atom is -0.353 e. The van der Waals surface area contributed by atoms with Crippen molar-refractivity contribution in [1.82, 2.24) is 20.1 Å². The van der Waals surface area contributed by atoms with E-state index in [9.17, 15) is 14.4 Å². The van der Waals surface area contributed by atoms with Crippen molar-refractivity contribution in [1.29, 1.82) is 0 Å². The largest absolute Gasteiger partial charge is 0.353 e. The molecule has 8 heteroatoms. The van der Waals surface area contributed by atoms with Crippen LogP contribution in [-0.4, -0.2) is 64.0 Å². The summed E-state index contributed by atoms with van der Waals surface area (Å²) in [4.78, 5) is 47.7. The van der Waals surface area contributed by atoms with E-state index in [1.165, 1.54) is 0 Å². The molecule has 3 aromatic rings. The number of rotatable bonds is 6. The fourth-order valence-electron chi connectivity index (χ4n) is 5.28. The van der Waals surface area contributed by atoms with Gasteiger partial charge in [0, 0.05) is 50.4 Å². The Hall–Kier alpha value is -4.04. The fraction of sp³-hybridized carbons (Fsp3) is 0.333. The Morgan fingerprint density at radius 3 is 2.42 bits per heavy atom. The number of aromatic nitrogens is 1. The average molecular weight is 513 g/mol. The fourth-order valence-corrected chi connectivity index (χ4v) is 5.28. The summed E-state index contributed by atoms with van der Waals surface area (Å²) in [5, 5.41) is 2.96. The molecule has 0 radical (unpaired) electrons. The Bertz CT molecular complexity index is 1290. The smallest absolute Gasteiger partial charge is 0.256 e. The van der Waals surface area contributed by atoms with Crippen LogP contribution in [0.1, 0.15) is 39.9 Å². The molecule has 0 bridgehead atoms. The number of likely N-dealkylation sites (tertiary alicyclic amines) is 1. The highest BCUT2D eigenvalue weighted by Crippen LogP contribution is 2.38. The summed E-state index contributed by atoms with van der Waals surface area (Å²) in [6.45, 7) is 3.28. The van der Waals surface area contributed by atoms with E-state index in [-0.39, 0.29) is 24.3 Å². The lowest BCUT2D eigenvalue weighted by molar-refractivity contribution is -0.143. The minimum absolute atomic E-state index is 0.0484. The third-order valence-electron chi connectivity index (χ3n) is 7.36.